The highest BCUT2D eigenvalue weighted by Crippen LogP contribution is 2.20. The van der Waals surface area contributed by atoms with Gasteiger partial charge in [-0.05, 0) is 27.2 Å². The van der Waals surface area contributed by atoms with Crippen molar-refractivity contribution in [2.45, 2.75) is 39.7 Å². The lowest BCUT2D eigenvalue weighted by atomic mass is 10.1. The summed E-state index contributed by atoms with van der Waals surface area (Å²) in [6.07, 6.45) is 1.02. The van der Waals surface area contributed by atoms with E-state index < -0.39 is 5.60 Å². The van der Waals surface area contributed by atoms with Crippen LogP contribution in [0.1, 0.15) is 31.7 Å². The molecule has 19 heavy (non-hydrogen) atoms. The van der Waals surface area contributed by atoms with Crippen molar-refractivity contribution in [3.05, 3.63) is 11.4 Å². The Morgan fingerprint density at radius 3 is 2.26 bits per heavy atom. The number of aromatic nitrogens is 2. The molecule has 0 radical (unpaired) electrons. The number of nitrogens with one attached hydrogen (secondary N) is 2. The molecular formula is C13H24N4O2. The van der Waals surface area contributed by atoms with Crippen LogP contribution in [-0.2, 0) is 0 Å². The molecule has 0 aliphatic heterocycles. The van der Waals surface area contributed by atoms with Crippen molar-refractivity contribution in [1.29, 1.82) is 0 Å². The highest BCUT2D eigenvalue weighted by molar-refractivity contribution is 5.57. The summed E-state index contributed by atoms with van der Waals surface area (Å²) in [5.41, 5.74) is -0.254. The lowest BCUT2D eigenvalue weighted by Gasteiger charge is -2.22. The monoisotopic (exact) mass is 268 g/mol. The van der Waals surface area contributed by atoms with Gasteiger partial charge in [0.1, 0.15) is 23.1 Å². The first kappa shape index (κ1) is 15.7. The standard InChI is InChI=1S/C13H24N4O2/c1-5-6-14-11-9(2)12(17-10(3)16-11)15-7-13(4,19)8-18/h18-19H,5-8H2,1-4H3,(H2,14,15,16,17). The van der Waals surface area contributed by atoms with Gasteiger partial charge in [0.05, 0.1) is 6.61 Å². The predicted molar refractivity (Wildman–Crippen MR) is 76.5 cm³/mol. The molecule has 6 heteroatoms. The Hall–Kier alpha value is -1.40. The number of aliphatic hydroxyl groups is 2. The Morgan fingerprint density at radius 1 is 1.16 bits per heavy atom. The second-order valence-corrected chi connectivity index (χ2v) is 5.03. The van der Waals surface area contributed by atoms with Crippen LogP contribution in [0.15, 0.2) is 0 Å². The van der Waals surface area contributed by atoms with Gasteiger partial charge in [0, 0.05) is 18.7 Å². The molecule has 0 spiro atoms. The summed E-state index contributed by atoms with van der Waals surface area (Å²) < 4.78 is 0. The number of hydrogen-bond acceptors (Lipinski definition) is 6. The van der Waals surface area contributed by atoms with Crippen LogP contribution in [0.5, 0.6) is 0 Å². The number of hydrogen-bond donors (Lipinski definition) is 4. The zero-order valence-corrected chi connectivity index (χ0v) is 12.1. The first-order valence-electron chi connectivity index (χ1n) is 6.56. The van der Waals surface area contributed by atoms with Crippen LogP contribution in [0.3, 0.4) is 0 Å². The summed E-state index contributed by atoms with van der Waals surface area (Å²) >= 11 is 0. The summed E-state index contributed by atoms with van der Waals surface area (Å²) in [6.45, 7) is 8.19. The van der Waals surface area contributed by atoms with E-state index in [1.165, 1.54) is 0 Å². The minimum atomic E-state index is -1.16. The summed E-state index contributed by atoms with van der Waals surface area (Å²) in [5.74, 6) is 2.15. The van der Waals surface area contributed by atoms with Gasteiger partial charge >= 0.3 is 0 Å². The third kappa shape index (κ3) is 4.65. The van der Waals surface area contributed by atoms with Crippen LogP contribution >= 0.6 is 0 Å². The molecule has 0 fully saturated rings. The fourth-order valence-corrected chi connectivity index (χ4v) is 1.55. The van der Waals surface area contributed by atoms with E-state index in [0.29, 0.717) is 11.6 Å². The molecule has 108 valence electrons. The van der Waals surface area contributed by atoms with Crippen LogP contribution < -0.4 is 10.6 Å². The van der Waals surface area contributed by atoms with Crippen molar-refractivity contribution in [3.8, 4) is 0 Å². The Kier molecular flexibility index (Phi) is 5.50. The van der Waals surface area contributed by atoms with Gasteiger partial charge in [-0.1, -0.05) is 6.92 Å². The molecule has 0 aliphatic carbocycles. The van der Waals surface area contributed by atoms with E-state index >= 15 is 0 Å². The van der Waals surface area contributed by atoms with Crippen molar-refractivity contribution >= 4 is 11.6 Å². The van der Waals surface area contributed by atoms with Crippen LogP contribution in [0.4, 0.5) is 11.6 Å². The molecule has 0 amide bonds. The van der Waals surface area contributed by atoms with Crippen LogP contribution in [-0.4, -0.2) is 45.5 Å². The zero-order chi connectivity index (χ0) is 14.5. The van der Waals surface area contributed by atoms with Crippen molar-refractivity contribution in [2.75, 3.05) is 30.3 Å². The number of rotatable bonds is 7. The van der Waals surface area contributed by atoms with E-state index in [4.69, 9.17) is 5.11 Å². The van der Waals surface area contributed by atoms with Crippen molar-refractivity contribution in [2.24, 2.45) is 0 Å². The van der Waals surface area contributed by atoms with Gasteiger partial charge in [0.25, 0.3) is 0 Å². The minimum Gasteiger partial charge on any atom is -0.393 e. The Balaban J connectivity index is 2.85. The maximum Gasteiger partial charge on any atom is 0.134 e. The molecule has 1 aromatic heterocycles. The number of aliphatic hydroxyl groups excluding tert-OH is 1. The van der Waals surface area contributed by atoms with Gasteiger partial charge in [0.15, 0.2) is 0 Å². The van der Waals surface area contributed by atoms with Crippen molar-refractivity contribution in [1.82, 2.24) is 9.97 Å². The van der Waals surface area contributed by atoms with E-state index in [1.807, 2.05) is 13.8 Å². The Bertz CT molecular complexity index is 421. The molecule has 1 rings (SSSR count). The molecule has 1 aromatic rings. The highest BCUT2D eigenvalue weighted by Gasteiger charge is 2.19. The molecule has 4 N–H and O–H groups in total. The first-order valence-corrected chi connectivity index (χ1v) is 6.56. The fourth-order valence-electron chi connectivity index (χ4n) is 1.55. The quantitative estimate of drug-likeness (QED) is 0.591. The van der Waals surface area contributed by atoms with Crippen LogP contribution in [0, 0.1) is 13.8 Å². The van der Waals surface area contributed by atoms with Crippen molar-refractivity contribution in [3.63, 3.8) is 0 Å². The average Bonchev–Trinajstić information content (AvgIpc) is 2.37. The Morgan fingerprint density at radius 2 is 1.74 bits per heavy atom. The van der Waals surface area contributed by atoms with E-state index in [0.717, 1.165) is 24.3 Å². The average molecular weight is 268 g/mol. The van der Waals surface area contributed by atoms with Gasteiger partial charge in [-0.3, -0.25) is 0 Å². The number of aryl methyl sites for hydroxylation is 1. The minimum absolute atomic E-state index is 0.230. The molecule has 0 bridgehead atoms. The molecule has 0 saturated carbocycles. The van der Waals surface area contributed by atoms with Crippen molar-refractivity contribution < 1.29 is 10.2 Å². The third-order valence-corrected chi connectivity index (χ3v) is 2.78. The SMILES string of the molecule is CCCNc1nc(C)nc(NCC(C)(O)CO)c1C. The largest absolute Gasteiger partial charge is 0.393 e. The van der Waals surface area contributed by atoms with E-state index in [1.54, 1.807) is 6.92 Å². The fraction of sp³-hybridized carbons (Fsp3) is 0.692. The zero-order valence-electron chi connectivity index (χ0n) is 12.1. The first-order chi connectivity index (χ1) is 8.89. The number of anilines is 2. The molecule has 1 atom stereocenters. The number of nitrogens with zero attached hydrogens (tertiary/aromatic N) is 2. The van der Waals surface area contributed by atoms with E-state index in [2.05, 4.69) is 27.5 Å². The summed E-state index contributed by atoms with van der Waals surface area (Å²) in [5, 5.41) is 25.1. The maximum absolute atomic E-state index is 9.78. The molecule has 6 nitrogen and oxygen atoms in total. The maximum atomic E-state index is 9.78. The molecule has 0 saturated heterocycles. The Labute approximate surface area is 114 Å². The lowest BCUT2D eigenvalue weighted by molar-refractivity contribution is 0.0131. The summed E-state index contributed by atoms with van der Waals surface area (Å²) in [7, 11) is 0. The van der Waals surface area contributed by atoms with Crippen LogP contribution in [0.2, 0.25) is 0 Å². The summed E-state index contributed by atoms with van der Waals surface area (Å²) in [6, 6.07) is 0. The topological polar surface area (TPSA) is 90.3 Å². The molecular weight excluding hydrogens is 244 g/mol. The molecule has 0 aromatic carbocycles. The van der Waals surface area contributed by atoms with Gasteiger partial charge in [-0.2, -0.15) is 0 Å². The van der Waals surface area contributed by atoms with Crippen LogP contribution in [0.25, 0.3) is 0 Å². The van der Waals surface area contributed by atoms with Gasteiger partial charge < -0.3 is 20.8 Å². The third-order valence-electron chi connectivity index (χ3n) is 2.78. The van der Waals surface area contributed by atoms with Gasteiger partial charge in [-0.15, -0.1) is 0 Å². The molecule has 0 aliphatic rings. The highest BCUT2D eigenvalue weighted by atomic mass is 16.3. The molecule has 1 unspecified atom stereocenters. The van der Waals surface area contributed by atoms with E-state index in [-0.39, 0.29) is 13.2 Å². The smallest absolute Gasteiger partial charge is 0.134 e. The second kappa shape index (κ2) is 6.68. The lowest BCUT2D eigenvalue weighted by Crippen LogP contribution is -2.37. The summed E-state index contributed by atoms with van der Waals surface area (Å²) in [4.78, 5) is 8.69. The van der Waals surface area contributed by atoms with Gasteiger partial charge in [0.2, 0.25) is 0 Å². The van der Waals surface area contributed by atoms with E-state index in [9.17, 15) is 5.11 Å². The molecule has 1 heterocycles. The normalized spacial score (nSPS) is 14.0. The van der Waals surface area contributed by atoms with Gasteiger partial charge in [-0.25, -0.2) is 9.97 Å². The predicted octanol–water partition coefficient (Wildman–Crippen LogP) is 1.07. The second-order valence-electron chi connectivity index (χ2n) is 5.03.